The first kappa shape index (κ1) is 24.8. The molecule has 0 radical (unpaired) electrons. The summed E-state index contributed by atoms with van der Waals surface area (Å²) in [5, 5.41) is 8.17. The minimum absolute atomic E-state index is 0.0902. The van der Waals surface area contributed by atoms with Gasteiger partial charge in [-0.25, -0.2) is 19.3 Å². The number of aromatic nitrogens is 5. The standard InChI is InChI=1S/C26H21BrFN9O2/c27-21-2-1-3-22(33-21)34-25(39)20-7-17(28)12-36(20)23(38)13-37-19-5-4-14(15-10-31-26(29)32-11-15)6-18(19)24(35-37)16-8-30-9-16/h1-6,8-11,17,20H,7,12-13H2,(H2,29,31,32)(H,33,34,39)/t17-,20+/m1/s1. The molecule has 0 spiro atoms. The Morgan fingerprint density at radius 2 is 1.95 bits per heavy atom. The minimum Gasteiger partial charge on any atom is -0.368 e. The number of amides is 2. The highest BCUT2D eigenvalue weighted by atomic mass is 79.9. The summed E-state index contributed by atoms with van der Waals surface area (Å²) in [6.45, 7) is -0.342. The predicted octanol–water partition coefficient (Wildman–Crippen LogP) is 3.24. The molecule has 196 valence electrons. The van der Waals surface area contributed by atoms with Crippen LogP contribution in [-0.2, 0) is 16.1 Å². The molecular formula is C26H21BrFN9O2. The number of benzene rings is 1. The van der Waals surface area contributed by atoms with Gasteiger partial charge in [0.05, 0.1) is 12.1 Å². The van der Waals surface area contributed by atoms with E-state index in [2.05, 4.69) is 46.3 Å². The SMILES string of the molecule is Nc1ncc(-c2ccc3c(c2)c(C2=CN=C2)nn3CC(=O)N2C[C@H](F)C[C@H]2C(=O)Nc2cccc(Br)n2)cn1. The fourth-order valence-corrected chi connectivity index (χ4v) is 5.01. The van der Waals surface area contributed by atoms with Gasteiger partial charge in [-0.05, 0) is 45.8 Å². The number of nitrogens with one attached hydrogen (secondary N) is 1. The number of carbonyl (C=O) groups is 2. The normalized spacial score (nSPS) is 18.2. The van der Waals surface area contributed by atoms with Gasteiger partial charge in [0.2, 0.25) is 17.8 Å². The number of pyridine rings is 1. The van der Waals surface area contributed by atoms with Crippen LogP contribution in [0.3, 0.4) is 0 Å². The summed E-state index contributed by atoms with van der Waals surface area (Å²) in [6, 6.07) is 9.77. The number of aliphatic imine (C=N–C) groups is 1. The van der Waals surface area contributed by atoms with Crippen molar-refractivity contribution in [3.63, 3.8) is 0 Å². The van der Waals surface area contributed by atoms with Crippen LogP contribution in [-0.4, -0.2) is 66.4 Å². The van der Waals surface area contributed by atoms with Crippen LogP contribution < -0.4 is 11.1 Å². The average molecular weight is 590 g/mol. The van der Waals surface area contributed by atoms with E-state index in [0.717, 1.165) is 22.1 Å². The van der Waals surface area contributed by atoms with Crippen molar-refractivity contribution in [1.82, 2.24) is 29.6 Å². The maximum atomic E-state index is 14.5. The predicted molar refractivity (Wildman–Crippen MR) is 147 cm³/mol. The van der Waals surface area contributed by atoms with E-state index in [1.165, 1.54) is 4.90 Å². The fourth-order valence-electron chi connectivity index (χ4n) is 4.67. The van der Waals surface area contributed by atoms with Crippen LogP contribution in [0.1, 0.15) is 12.1 Å². The van der Waals surface area contributed by atoms with Gasteiger partial charge in [0.1, 0.15) is 34.9 Å². The monoisotopic (exact) mass is 589 g/mol. The molecule has 2 aliphatic rings. The Bertz CT molecular complexity index is 1670. The van der Waals surface area contributed by atoms with Crippen LogP contribution in [0.25, 0.3) is 27.6 Å². The number of nitrogen functional groups attached to an aromatic ring is 1. The van der Waals surface area contributed by atoms with Gasteiger partial charge in [-0.15, -0.1) is 0 Å². The van der Waals surface area contributed by atoms with Crippen molar-refractivity contribution in [3.8, 4) is 11.1 Å². The number of allylic oxidation sites excluding steroid dienone is 1. The van der Waals surface area contributed by atoms with Crippen LogP contribution >= 0.6 is 15.9 Å². The zero-order valence-electron chi connectivity index (χ0n) is 20.3. The molecule has 1 fully saturated rings. The molecule has 5 heterocycles. The molecule has 4 aromatic rings. The van der Waals surface area contributed by atoms with E-state index >= 15 is 0 Å². The van der Waals surface area contributed by atoms with E-state index in [9.17, 15) is 14.0 Å². The van der Waals surface area contributed by atoms with Gasteiger partial charge in [0.25, 0.3) is 0 Å². The van der Waals surface area contributed by atoms with Crippen LogP contribution in [0.15, 0.2) is 64.6 Å². The number of anilines is 2. The smallest absolute Gasteiger partial charge is 0.248 e. The zero-order chi connectivity index (χ0) is 27.1. The Kier molecular flexibility index (Phi) is 6.35. The van der Waals surface area contributed by atoms with E-state index < -0.39 is 24.0 Å². The molecule has 3 aromatic heterocycles. The number of carbonyl (C=O) groups excluding carboxylic acids is 2. The average Bonchev–Trinajstić information content (AvgIpc) is 3.44. The van der Waals surface area contributed by atoms with Gasteiger partial charge < -0.3 is 16.0 Å². The highest BCUT2D eigenvalue weighted by molar-refractivity contribution is 9.10. The number of halogens is 2. The van der Waals surface area contributed by atoms with Crippen molar-refractivity contribution < 1.29 is 14.0 Å². The zero-order valence-corrected chi connectivity index (χ0v) is 21.9. The van der Waals surface area contributed by atoms with Crippen LogP contribution in [0.4, 0.5) is 16.2 Å². The molecule has 2 aliphatic heterocycles. The first-order valence-corrected chi connectivity index (χ1v) is 12.8. The molecule has 13 heteroatoms. The number of hydrogen-bond donors (Lipinski definition) is 2. The summed E-state index contributed by atoms with van der Waals surface area (Å²) >= 11 is 3.26. The summed E-state index contributed by atoms with van der Waals surface area (Å²) in [7, 11) is 0. The second-order valence-electron chi connectivity index (χ2n) is 9.16. The van der Waals surface area contributed by atoms with E-state index in [1.807, 2.05) is 18.2 Å². The Hall–Kier alpha value is -4.52. The molecule has 2 atom stereocenters. The number of fused-ring (bicyclic) bond motifs is 1. The number of rotatable bonds is 6. The molecule has 0 bridgehead atoms. The molecule has 2 amide bonds. The van der Waals surface area contributed by atoms with Crippen molar-refractivity contribution >= 4 is 62.2 Å². The lowest BCUT2D eigenvalue weighted by Gasteiger charge is -2.23. The van der Waals surface area contributed by atoms with Crippen molar-refractivity contribution in [1.29, 1.82) is 0 Å². The second-order valence-corrected chi connectivity index (χ2v) is 9.97. The van der Waals surface area contributed by atoms with Gasteiger partial charge in [-0.3, -0.25) is 19.3 Å². The first-order chi connectivity index (χ1) is 18.9. The molecule has 6 rings (SSSR count). The third-order valence-electron chi connectivity index (χ3n) is 6.58. The van der Waals surface area contributed by atoms with Gasteiger partial charge in [0, 0.05) is 47.8 Å². The van der Waals surface area contributed by atoms with Crippen molar-refractivity contribution in [3.05, 3.63) is 65.3 Å². The summed E-state index contributed by atoms with van der Waals surface area (Å²) in [4.78, 5) is 44.1. The minimum atomic E-state index is -1.31. The van der Waals surface area contributed by atoms with Crippen molar-refractivity contribution in [2.24, 2.45) is 4.99 Å². The van der Waals surface area contributed by atoms with Gasteiger partial charge in [-0.2, -0.15) is 5.10 Å². The summed E-state index contributed by atoms with van der Waals surface area (Å²) in [6.07, 6.45) is 5.25. The highest BCUT2D eigenvalue weighted by Gasteiger charge is 2.40. The second kappa shape index (κ2) is 9.98. The maximum Gasteiger partial charge on any atom is 0.248 e. The van der Waals surface area contributed by atoms with Crippen LogP contribution in [0.5, 0.6) is 0 Å². The lowest BCUT2D eigenvalue weighted by Crippen LogP contribution is -2.44. The topological polar surface area (TPSA) is 144 Å². The van der Waals surface area contributed by atoms with E-state index in [4.69, 9.17) is 5.73 Å². The highest BCUT2D eigenvalue weighted by Crippen LogP contribution is 2.31. The Morgan fingerprint density at radius 1 is 1.15 bits per heavy atom. The molecule has 1 saturated heterocycles. The molecule has 0 saturated carbocycles. The number of hydrogen-bond acceptors (Lipinski definition) is 8. The van der Waals surface area contributed by atoms with Gasteiger partial charge in [-0.1, -0.05) is 12.1 Å². The van der Waals surface area contributed by atoms with Gasteiger partial charge >= 0.3 is 0 Å². The van der Waals surface area contributed by atoms with Crippen LogP contribution in [0.2, 0.25) is 0 Å². The number of alkyl halides is 1. The number of nitrogens with zero attached hydrogens (tertiary/aromatic N) is 7. The molecule has 11 nitrogen and oxygen atoms in total. The molecule has 1 aromatic carbocycles. The first-order valence-electron chi connectivity index (χ1n) is 12.0. The Labute approximate surface area is 229 Å². The molecule has 0 unspecified atom stereocenters. The molecule has 0 aliphatic carbocycles. The molecule has 39 heavy (non-hydrogen) atoms. The third kappa shape index (κ3) is 4.88. The Morgan fingerprint density at radius 3 is 2.67 bits per heavy atom. The van der Waals surface area contributed by atoms with E-state index in [0.29, 0.717) is 21.6 Å². The lowest BCUT2D eigenvalue weighted by atomic mass is 10.0. The van der Waals surface area contributed by atoms with E-state index in [-0.39, 0.29) is 25.5 Å². The maximum absolute atomic E-state index is 14.5. The molecular weight excluding hydrogens is 569 g/mol. The summed E-state index contributed by atoms with van der Waals surface area (Å²) in [5.74, 6) is -0.420. The van der Waals surface area contributed by atoms with E-state index in [1.54, 1.807) is 47.7 Å². The number of nitrogens with two attached hydrogens (primary N) is 1. The fraction of sp³-hybridized carbons (Fsp3) is 0.192. The van der Waals surface area contributed by atoms with Crippen LogP contribution in [0, 0.1) is 0 Å². The number of likely N-dealkylation sites (tertiary alicyclic amines) is 1. The largest absolute Gasteiger partial charge is 0.368 e. The lowest BCUT2D eigenvalue weighted by molar-refractivity contribution is -0.137. The Balaban J connectivity index is 1.28. The van der Waals surface area contributed by atoms with Gasteiger partial charge in [0.15, 0.2) is 0 Å². The summed E-state index contributed by atoms with van der Waals surface area (Å²) < 4.78 is 16.6. The van der Waals surface area contributed by atoms with Crippen molar-refractivity contribution in [2.45, 2.75) is 25.2 Å². The van der Waals surface area contributed by atoms with Crippen molar-refractivity contribution in [2.75, 3.05) is 17.6 Å². The molecule has 3 N–H and O–H groups in total. The third-order valence-corrected chi connectivity index (χ3v) is 7.02. The quantitative estimate of drug-likeness (QED) is 0.328. The summed E-state index contributed by atoms with van der Waals surface area (Å²) in [5.41, 5.74) is 9.43.